The molecular weight excluding hydrogens is 326 g/mol. The van der Waals surface area contributed by atoms with E-state index in [1.54, 1.807) is 0 Å². The third-order valence-electron chi connectivity index (χ3n) is 6.24. The first-order valence-corrected chi connectivity index (χ1v) is 10.1. The van der Waals surface area contributed by atoms with Crippen molar-refractivity contribution in [2.24, 2.45) is 5.41 Å². The van der Waals surface area contributed by atoms with E-state index in [0.717, 1.165) is 11.6 Å². The molecule has 1 heterocycles. The zero-order chi connectivity index (χ0) is 18.9. The van der Waals surface area contributed by atoms with Crippen molar-refractivity contribution in [3.05, 3.63) is 78.0 Å². The van der Waals surface area contributed by atoms with E-state index < -0.39 is 0 Å². The van der Waals surface area contributed by atoms with E-state index >= 15 is 0 Å². The zero-order valence-electron chi connectivity index (χ0n) is 16.7. The monoisotopic (exact) mass is 355 g/mol. The Morgan fingerprint density at radius 1 is 0.852 bits per heavy atom. The average molecular weight is 356 g/mol. The first kappa shape index (κ1) is 18.0. The molecule has 1 nitrogen and oxygen atoms in total. The molecule has 0 saturated heterocycles. The van der Waals surface area contributed by atoms with Crippen LogP contribution in [0.1, 0.15) is 56.6 Å². The number of rotatable bonds is 3. The molecule has 1 aliphatic rings. The molecule has 1 heteroatoms. The molecule has 0 unspecified atom stereocenters. The first-order chi connectivity index (χ1) is 13.0. The van der Waals surface area contributed by atoms with Crippen molar-refractivity contribution in [3.8, 4) is 22.4 Å². The highest BCUT2D eigenvalue weighted by Crippen LogP contribution is 2.42. The van der Waals surface area contributed by atoms with Crippen LogP contribution >= 0.6 is 0 Å². The fourth-order valence-electron chi connectivity index (χ4n) is 4.30. The Bertz CT molecular complexity index is 911. The highest BCUT2D eigenvalue weighted by Gasteiger charge is 2.27. The molecule has 0 N–H and O–H groups in total. The molecule has 0 amide bonds. The molecule has 1 aliphatic carbocycles. The van der Waals surface area contributed by atoms with Gasteiger partial charge in [0.15, 0.2) is 0 Å². The minimum Gasteiger partial charge on any atom is -0.256 e. The van der Waals surface area contributed by atoms with Crippen LogP contribution in [-0.2, 0) is 0 Å². The number of pyridine rings is 1. The van der Waals surface area contributed by atoms with E-state index in [-0.39, 0.29) is 0 Å². The normalized spacial score (nSPS) is 17.0. The van der Waals surface area contributed by atoms with E-state index in [1.807, 2.05) is 6.20 Å². The second-order valence-electron chi connectivity index (χ2n) is 8.81. The molecule has 0 spiro atoms. The summed E-state index contributed by atoms with van der Waals surface area (Å²) in [4.78, 5) is 4.60. The zero-order valence-corrected chi connectivity index (χ0v) is 16.7. The Hall–Kier alpha value is -2.41. The van der Waals surface area contributed by atoms with Gasteiger partial charge >= 0.3 is 0 Å². The molecule has 0 bridgehead atoms. The lowest BCUT2D eigenvalue weighted by Gasteiger charge is -2.34. The summed E-state index contributed by atoms with van der Waals surface area (Å²) < 4.78 is 0. The van der Waals surface area contributed by atoms with Gasteiger partial charge in [-0.15, -0.1) is 0 Å². The Labute approximate surface area is 163 Å². The van der Waals surface area contributed by atoms with E-state index in [2.05, 4.69) is 86.4 Å². The summed E-state index contributed by atoms with van der Waals surface area (Å²) in [7, 11) is 0. The standard InChI is InChI=1S/C26H29N/c1-19-6-4-5-7-24(19)25-18-23(14-17-27-25)21-10-8-20(9-11-21)22-12-15-26(2,3)16-13-22/h4-11,14,17-18,22H,12-13,15-16H2,1-3H3. The quantitative estimate of drug-likeness (QED) is 0.476. The van der Waals surface area contributed by atoms with Crippen molar-refractivity contribution in [1.29, 1.82) is 0 Å². The summed E-state index contributed by atoms with van der Waals surface area (Å²) >= 11 is 0. The van der Waals surface area contributed by atoms with Crippen molar-refractivity contribution in [2.45, 2.75) is 52.4 Å². The summed E-state index contributed by atoms with van der Waals surface area (Å²) in [6, 6.07) is 22.0. The second kappa shape index (κ2) is 7.31. The van der Waals surface area contributed by atoms with Gasteiger partial charge in [0.05, 0.1) is 5.69 Å². The third kappa shape index (κ3) is 3.98. The molecule has 27 heavy (non-hydrogen) atoms. The van der Waals surface area contributed by atoms with Crippen molar-refractivity contribution in [2.75, 3.05) is 0 Å². The molecule has 2 aromatic carbocycles. The van der Waals surface area contributed by atoms with Crippen LogP contribution in [0.3, 0.4) is 0 Å². The lowest BCUT2D eigenvalue weighted by atomic mass is 9.71. The third-order valence-corrected chi connectivity index (χ3v) is 6.24. The van der Waals surface area contributed by atoms with Crippen LogP contribution in [0.4, 0.5) is 0 Å². The molecule has 0 atom stereocenters. The fourth-order valence-corrected chi connectivity index (χ4v) is 4.30. The Balaban J connectivity index is 1.56. The van der Waals surface area contributed by atoms with Crippen molar-refractivity contribution >= 4 is 0 Å². The average Bonchev–Trinajstić information content (AvgIpc) is 2.69. The van der Waals surface area contributed by atoms with Crippen LogP contribution in [0.5, 0.6) is 0 Å². The lowest BCUT2D eigenvalue weighted by Crippen LogP contribution is -2.20. The molecule has 1 saturated carbocycles. The van der Waals surface area contributed by atoms with Gasteiger partial charge in [0.1, 0.15) is 0 Å². The van der Waals surface area contributed by atoms with E-state index in [9.17, 15) is 0 Å². The molecule has 4 rings (SSSR count). The van der Waals surface area contributed by atoms with Gasteiger partial charge in [-0.05, 0) is 78.3 Å². The van der Waals surface area contributed by atoms with Crippen molar-refractivity contribution in [1.82, 2.24) is 4.98 Å². The summed E-state index contributed by atoms with van der Waals surface area (Å²) in [5.41, 5.74) is 8.05. The van der Waals surface area contributed by atoms with Crippen LogP contribution in [0, 0.1) is 12.3 Å². The molecule has 138 valence electrons. The van der Waals surface area contributed by atoms with Crippen LogP contribution in [0.25, 0.3) is 22.4 Å². The minimum absolute atomic E-state index is 0.527. The van der Waals surface area contributed by atoms with Gasteiger partial charge in [-0.3, -0.25) is 4.98 Å². The summed E-state index contributed by atoms with van der Waals surface area (Å²) in [5.74, 6) is 0.729. The van der Waals surface area contributed by atoms with E-state index in [1.165, 1.54) is 53.5 Å². The number of aryl methyl sites for hydroxylation is 1. The van der Waals surface area contributed by atoms with E-state index in [0.29, 0.717) is 5.41 Å². The number of aromatic nitrogens is 1. The van der Waals surface area contributed by atoms with Gasteiger partial charge in [0.25, 0.3) is 0 Å². The summed E-state index contributed by atoms with van der Waals surface area (Å²) in [5, 5.41) is 0. The first-order valence-electron chi connectivity index (χ1n) is 10.1. The van der Waals surface area contributed by atoms with Crippen molar-refractivity contribution < 1.29 is 0 Å². The van der Waals surface area contributed by atoms with Gasteiger partial charge in [-0.25, -0.2) is 0 Å². The maximum absolute atomic E-state index is 4.60. The number of nitrogens with zero attached hydrogens (tertiary/aromatic N) is 1. The Morgan fingerprint density at radius 2 is 1.56 bits per heavy atom. The molecular formula is C26H29N. The van der Waals surface area contributed by atoms with Gasteiger partial charge < -0.3 is 0 Å². The van der Waals surface area contributed by atoms with Crippen molar-refractivity contribution in [3.63, 3.8) is 0 Å². The molecule has 0 aliphatic heterocycles. The molecule has 1 aromatic heterocycles. The van der Waals surface area contributed by atoms with Crippen LogP contribution in [-0.4, -0.2) is 4.98 Å². The highest BCUT2D eigenvalue weighted by atomic mass is 14.7. The van der Waals surface area contributed by atoms with E-state index in [4.69, 9.17) is 0 Å². The SMILES string of the molecule is Cc1ccccc1-c1cc(-c2ccc(C3CCC(C)(C)CC3)cc2)ccn1. The summed E-state index contributed by atoms with van der Waals surface area (Å²) in [6.07, 6.45) is 7.24. The Kier molecular flexibility index (Phi) is 4.86. The van der Waals surface area contributed by atoms with Gasteiger partial charge in [-0.2, -0.15) is 0 Å². The smallest absolute Gasteiger partial charge is 0.0710 e. The molecule has 1 fully saturated rings. The summed E-state index contributed by atoms with van der Waals surface area (Å²) in [6.45, 7) is 6.95. The number of benzene rings is 2. The number of hydrogen-bond donors (Lipinski definition) is 0. The maximum atomic E-state index is 4.60. The maximum Gasteiger partial charge on any atom is 0.0710 e. The molecule has 0 radical (unpaired) electrons. The van der Waals surface area contributed by atoms with Crippen LogP contribution in [0.2, 0.25) is 0 Å². The van der Waals surface area contributed by atoms with Crippen LogP contribution < -0.4 is 0 Å². The van der Waals surface area contributed by atoms with Gasteiger partial charge in [0, 0.05) is 11.8 Å². The Morgan fingerprint density at radius 3 is 2.26 bits per heavy atom. The molecule has 3 aromatic rings. The topological polar surface area (TPSA) is 12.9 Å². The number of hydrogen-bond acceptors (Lipinski definition) is 1. The fraction of sp³-hybridized carbons (Fsp3) is 0.346. The lowest BCUT2D eigenvalue weighted by molar-refractivity contribution is 0.224. The minimum atomic E-state index is 0.527. The van der Waals surface area contributed by atoms with Crippen LogP contribution in [0.15, 0.2) is 66.9 Å². The highest BCUT2D eigenvalue weighted by molar-refractivity contribution is 5.72. The predicted molar refractivity (Wildman–Crippen MR) is 115 cm³/mol. The van der Waals surface area contributed by atoms with Gasteiger partial charge in [0.2, 0.25) is 0 Å². The largest absolute Gasteiger partial charge is 0.256 e. The van der Waals surface area contributed by atoms with Gasteiger partial charge in [-0.1, -0.05) is 62.4 Å². The second-order valence-corrected chi connectivity index (χ2v) is 8.81. The predicted octanol–water partition coefficient (Wildman–Crippen LogP) is 7.41.